The lowest BCUT2D eigenvalue weighted by molar-refractivity contribution is 0.577. The number of piperidine rings is 1. The summed E-state index contributed by atoms with van der Waals surface area (Å²) >= 11 is 6.99. The lowest BCUT2D eigenvalue weighted by atomic mass is 10.1. The first kappa shape index (κ1) is 10.4. The Hall–Kier alpha value is -0.0900. The standard InChI is InChI=1S/C10H12Br2N2/c11-9-8(4-5-13-10(9)12)14-6-2-1-3-7-14/h4-5H,1-3,6-7H2. The third-order valence-electron chi connectivity index (χ3n) is 2.52. The van der Waals surface area contributed by atoms with E-state index in [2.05, 4.69) is 47.8 Å². The Balaban J connectivity index is 2.26. The summed E-state index contributed by atoms with van der Waals surface area (Å²) in [7, 11) is 0. The van der Waals surface area contributed by atoms with Gasteiger partial charge >= 0.3 is 0 Å². The summed E-state index contributed by atoms with van der Waals surface area (Å²) in [5, 5.41) is 0. The minimum Gasteiger partial charge on any atom is -0.371 e. The fourth-order valence-electron chi connectivity index (χ4n) is 1.79. The van der Waals surface area contributed by atoms with Crippen molar-refractivity contribution < 1.29 is 0 Å². The van der Waals surface area contributed by atoms with Crippen LogP contribution in [0.1, 0.15) is 19.3 Å². The maximum atomic E-state index is 4.18. The Kier molecular flexibility index (Phi) is 3.44. The van der Waals surface area contributed by atoms with Gasteiger partial charge in [0, 0.05) is 19.3 Å². The molecule has 2 heterocycles. The molecule has 1 aromatic heterocycles. The smallest absolute Gasteiger partial charge is 0.122 e. The van der Waals surface area contributed by atoms with Gasteiger partial charge in [-0.3, -0.25) is 0 Å². The van der Waals surface area contributed by atoms with Crippen LogP contribution in [0.15, 0.2) is 21.3 Å². The van der Waals surface area contributed by atoms with E-state index < -0.39 is 0 Å². The topological polar surface area (TPSA) is 16.1 Å². The van der Waals surface area contributed by atoms with Crippen molar-refractivity contribution in [3.63, 3.8) is 0 Å². The molecule has 1 saturated heterocycles. The van der Waals surface area contributed by atoms with Crippen molar-refractivity contribution in [1.29, 1.82) is 0 Å². The second kappa shape index (κ2) is 4.62. The summed E-state index contributed by atoms with van der Waals surface area (Å²) in [5.74, 6) is 0. The molecule has 0 atom stereocenters. The third kappa shape index (κ3) is 2.11. The van der Waals surface area contributed by atoms with Gasteiger partial charge in [0.2, 0.25) is 0 Å². The molecule has 0 saturated carbocycles. The molecule has 0 unspecified atom stereocenters. The van der Waals surface area contributed by atoms with Crippen LogP contribution >= 0.6 is 31.9 Å². The fourth-order valence-corrected chi connectivity index (χ4v) is 2.59. The minimum absolute atomic E-state index is 0.889. The first-order valence-corrected chi connectivity index (χ1v) is 6.42. The van der Waals surface area contributed by atoms with Gasteiger partial charge < -0.3 is 4.90 Å². The summed E-state index contributed by atoms with van der Waals surface area (Å²) in [5.41, 5.74) is 1.26. The summed E-state index contributed by atoms with van der Waals surface area (Å²) in [6.07, 6.45) is 5.80. The predicted molar refractivity (Wildman–Crippen MR) is 65.7 cm³/mol. The largest absolute Gasteiger partial charge is 0.371 e. The average Bonchev–Trinajstić information content (AvgIpc) is 2.23. The van der Waals surface area contributed by atoms with E-state index in [1.165, 1.54) is 24.9 Å². The van der Waals surface area contributed by atoms with E-state index in [1.54, 1.807) is 0 Å². The molecular formula is C10H12Br2N2. The number of nitrogens with zero attached hydrogens (tertiary/aromatic N) is 2. The van der Waals surface area contributed by atoms with Crippen molar-refractivity contribution in [3.8, 4) is 0 Å². The van der Waals surface area contributed by atoms with Crippen molar-refractivity contribution in [2.24, 2.45) is 0 Å². The van der Waals surface area contributed by atoms with Crippen LogP contribution in [0.4, 0.5) is 5.69 Å². The van der Waals surface area contributed by atoms with E-state index in [0.29, 0.717) is 0 Å². The van der Waals surface area contributed by atoms with Gasteiger partial charge in [-0.25, -0.2) is 4.98 Å². The molecule has 0 bridgehead atoms. The Morgan fingerprint density at radius 3 is 2.57 bits per heavy atom. The van der Waals surface area contributed by atoms with E-state index in [9.17, 15) is 0 Å². The van der Waals surface area contributed by atoms with Crippen molar-refractivity contribution in [2.75, 3.05) is 18.0 Å². The van der Waals surface area contributed by atoms with E-state index >= 15 is 0 Å². The maximum absolute atomic E-state index is 4.18. The molecule has 1 aliphatic rings. The molecule has 0 spiro atoms. The molecule has 2 rings (SSSR count). The summed E-state index contributed by atoms with van der Waals surface area (Å²) in [6, 6.07) is 2.07. The predicted octanol–water partition coefficient (Wildman–Crippen LogP) is 3.60. The molecule has 0 amide bonds. The van der Waals surface area contributed by atoms with Gasteiger partial charge in [-0.1, -0.05) is 0 Å². The Bertz CT molecular complexity index is 322. The molecule has 76 valence electrons. The van der Waals surface area contributed by atoms with Crippen LogP contribution in [0.5, 0.6) is 0 Å². The molecule has 0 aliphatic carbocycles. The zero-order valence-electron chi connectivity index (χ0n) is 7.84. The molecule has 14 heavy (non-hydrogen) atoms. The quantitative estimate of drug-likeness (QED) is 0.735. The van der Waals surface area contributed by atoms with Crippen molar-refractivity contribution >= 4 is 37.5 Å². The molecule has 0 aromatic carbocycles. The van der Waals surface area contributed by atoms with Crippen molar-refractivity contribution in [2.45, 2.75) is 19.3 Å². The van der Waals surface area contributed by atoms with Crippen LogP contribution in [0, 0.1) is 0 Å². The monoisotopic (exact) mass is 318 g/mol. The molecule has 1 aliphatic heterocycles. The second-order valence-corrected chi connectivity index (χ2v) is 5.03. The Morgan fingerprint density at radius 1 is 1.14 bits per heavy atom. The molecule has 4 heteroatoms. The molecular weight excluding hydrogens is 308 g/mol. The number of pyridine rings is 1. The van der Waals surface area contributed by atoms with Gasteiger partial charge in [0.25, 0.3) is 0 Å². The lowest BCUT2D eigenvalue weighted by Gasteiger charge is -2.29. The number of anilines is 1. The van der Waals surface area contributed by atoms with Gasteiger partial charge in [0.1, 0.15) is 4.60 Å². The average molecular weight is 320 g/mol. The first-order chi connectivity index (χ1) is 6.79. The highest BCUT2D eigenvalue weighted by Crippen LogP contribution is 2.32. The van der Waals surface area contributed by atoms with Crippen LogP contribution in [0.2, 0.25) is 0 Å². The second-order valence-electron chi connectivity index (χ2n) is 3.48. The molecule has 0 radical (unpaired) electrons. The Labute approximate surface area is 101 Å². The number of aromatic nitrogens is 1. The van der Waals surface area contributed by atoms with Gasteiger partial charge in [-0.2, -0.15) is 0 Å². The van der Waals surface area contributed by atoms with Crippen LogP contribution in [0.25, 0.3) is 0 Å². The number of halogens is 2. The summed E-state index contributed by atoms with van der Waals surface area (Å²) < 4.78 is 1.96. The summed E-state index contributed by atoms with van der Waals surface area (Å²) in [6.45, 7) is 2.32. The molecule has 1 fully saturated rings. The zero-order valence-corrected chi connectivity index (χ0v) is 11.0. The lowest BCUT2D eigenvalue weighted by Crippen LogP contribution is -2.29. The molecule has 0 N–H and O–H groups in total. The van der Waals surface area contributed by atoms with Crippen LogP contribution < -0.4 is 4.90 Å². The Morgan fingerprint density at radius 2 is 1.86 bits per heavy atom. The van der Waals surface area contributed by atoms with E-state index in [-0.39, 0.29) is 0 Å². The van der Waals surface area contributed by atoms with E-state index in [1.807, 2.05) is 6.20 Å². The molecule has 1 aromatic rings. The normalized spacial score (nSPS) is 17.1. The maximum Gasteiger partial charge on any atom is 0.122 e. The van der Waals surface area contributed by atoms with Crippen molar-refractivity contribution in [1.82, 2.24) is 4.98 Å². The number of hydrogen-bond donors (Lipinski definition) is 0. The van der Waals surface area contributed by atoms with Crippen LogP contribution in [-0.2, 0) is 0 Å². The number of hydrogen-bond acceptors (Lipinski definition) is 2. The van der Waals surface area contributed by atoms with E-state index in [0.717, 1.165) is 22.2 Å². The van der Waals surface area contributed by atoms with Crippen molar-refractivity contribution in [3.05, 3.63) is 21.3 Å². The van der Waals surface area contributed by atoms with Gasteiger partial charge in [-0.05, 0) is 57.2 Å². The number of rotatable bonds is 1. The van der Waals surface area contributed by atoms with Gasteiger partial charge in [0.05, 0.1) is 10.2 Å². The third-order valence-corrected chi connectivity index (χ3v) is 4.44. The SMILES string of the molecule is Brc1nccc(N2CCCCC2)c1Br. The highest BCUT2D eigenvalue weighted by Gasteiger charge is 2.14. The van der Waals surface area contributed by atoms with Gasteiger partial charge in [0.15, 0.2) is 0 Å². The molecule has 2 nitrogen and oxygen atoms in total. The first-order valence-electron chi connectivity index (χ1n) is 4.84. The fraction of sp³-hybridized carbons (Fsp3) is 0.500. The van der Waals surface area contributed by atoms with Crippen LogP contribution in [-0.4, -0.2) is 18.1 Å². The minimum atomic E-state index is 0.889. The van der Waals surface area contributed by atoms with Gasteiger partial charge in [-0.15, -0.1) is 0 Å². The highest BCUT2D eigenvalue weighted by atomic mass is 79.9. The van der Waals surface area contributed by atoms with E-state index in [4.69, 9.17) is 0 Å². The zero-order chi connectivity index (χ0) is 9.97. The summed E-state index contributed by atoms with van der Waals surface area (Å²) in [4.78, 5) is 6.59. The van der Waals surface area contributed by atoms with Crippen LogP contribution in [0.3, 0.4) is 0 Å². The highest BCUT2D eigenvalue weighted by molar-refractivity contribution is 9.13.